The Morgan fingerprint density at radius 1 is 0.969 bits per heavy atom. The molecule has 0 atom stereocenters. The van der Waals surface area contributed by atoms with Gasteiger partial charge in [0.2, 0.25) is 5.95 Å². The van der Waals surface area contributed by atoms with Gasteiger partial charge in [-0.05, 0) is 54.1 Å². The lowest BCUT2D eigenvalue weighted by molar-refractivity contribution is 0.0947. The summed E-state index contributed by atoms with van der Waals surface area (Å²) in [6.45, 7) is 0.381. The second-order valence-corrected chi connectivity index (χ2v) is 7.29. The van der Waals surface area contributed by atoms with Crippen molar-refractivity contribution in [3.8, 4) is 22.9 Å². The molecule has 4 rings (SSSR count). The van der Waals surface area contributed by atoms with Crippen molar-refractivity contribution in [2.75, 3.05) is 19.5 Å². The van der Waals surface area contributed by atoms with Crippen molar-refractivity contribution in [1.29, 1.82) is 0 Å². The standard InChI is InChI=1S/C24H21ClN4O3/c1-31-19-12-10-16(11-13-19)22-27-24(26-15-18-6-3-4-9-21(18)25)29(28-22)23(30)17-7-5-8-20(14-17)32-2/h3-14H,15H2,1-2H3,(H,26,27,28). The minimum Gasteiger partial charge on any atom is -0.497 e. The summed E-state index contributed by atoms with van der Waals surface area (Å²) in [5.41, 5.74) is 2.06. The number of methoxy groups -OCH3 is 2. The number of hydrogen-bond acceptors (Lipinski definition) is 6. The first-order chi connectivity index (χ1) is 15.6. The predicted molar refractivity (Wildman–Crippen MR) is 124 cm³/mol. The van der Waals surface area contributed by atoms with Crippen LogP contribution in [0.2, 0.25) is 5.02 Å². The number of anilines is 1. The Hall–Kier alpha value is -3.84. The molecule has 32 heavy (non-hydrogen) atoms. The lowest BCUT2D eigenvalue weighted by Gasteiger charge is -2.09. The number of hydrogen-bond donors (Lipinski definition) is 1. The van der Waals surface area contributed by atoms with Crippen molar-refractivity contribution in [2.24, 2.45) is 0 Å². The lowest BCUT2D eigenvalue weighted by atomic mass is 10.2. The van der Waals surface area contributed by atoms with E-state index in [4.69, 9.17) is 21.1 Å². The van der Waals surface area contributed by atoms with Crippen molar-refractivity contribution in [2.45, 2.75) is 6.54 Å². The third kappa shape index (κ3) is 4.58. The molecule has 4 aromatic rings. The third-order valence-electron chi connectivity index (χ3n) is 4.86. The second-order valence-electron chi connectivity index (χ2n) is 6.88. The highest BCUT2D eigenvalue weighted by Gasteiger charge is 2.19. The molecular weight excluding hydrogens is 428 g/mol. The van der Waals surface area contributed by atoms with Crippen molar-refractivity contribution in [1.82, 2.24) is 14.8 Å². The maximum Gasteiger partial charge on any atom is 0.281 e. The Morgan fingerprint density at radius 3 is 2.44 bits per heavy atom. The normalized spacial score (nSPS) is 10.6. The fourth-order valence-corrected chi connectivity index (χ4v) is 3.33. The van der Waals surface area contributed by atoms with Crippen LogP contribution in [0.1, 0.15) is 15.9 Å². The molecule has 1 N–H and O–H groups in total. The number of carbonyl (C=O) groups is 1. The zero-order chi connectivity index (χ0) is 22.5. The van der Waals surface area contributed by atoms with Gasteiger partial charge in [0.15, 0.2) is 5.82 Å². The molecule has 3 aromatic carbocycles. The first kappa shape index (κ1) is 21.4. The average Bonchev–Trinajstić information content (AvgIpc) is 3.27. The number of rotatable bonds is 7. The molecule has 0 amide bonds. The monoisotopic (exact) mass is 448 g/mol. The predicted octanol–water partition coefficient (Wildman–Crippen LogP) is 4.92. The topological polar surface area (TPSA) is 78.3 Å². The van der Waals surface area contributed by atoms with Gasteiger partial charge in [0, 0.05) is 22.7 Å². The highest BCUT2D eigenvalue weighted by molar-refractivity contribution is 6.31. The van der Waals surface area contributed by atoms with E-state index < -0.39 is 0 Å². The van der Waals surface area contributed by atoms with E-state index in [1.807, 2.05) is 48.5 Å². The van der Waals surface area contributed by atoms with Crippen LogP contribution in [0.15, 0.2) is 72.8 Å². The summed E-state index contributed by atoms with van der Waals surface area (Å²) in [7, 11) is 3.16. The van der Waals surface area contributed by atoms with Gasteiger partial charge in [0.25, 0.3) is 5.91 Å². The van der Waals surface area contributed by atoms with Crippen LogP contribution in [0.4, 0.5) is 5.95 Å². The highest BCUT2D eigenvalue weighted by Crippen LogP contribution is 2.23. The molecule has 7 nitrogen and oxygen atoms in total. The molecule has 0 spiro atoms. The molecule has 1 heterocycles. The summed E-state index contributed by atoms with van der Waals surface area (Å²) in [6.07, 6.45) is 0. The van der Waals surface area contributed by atoms with E-state index in [-0.39, 0.29) is 5.91 Å². The first-order valence-electron chi connectivity index (χ1n) is 9.86. The molecule has 0 radical (unpaired) electrons. The SMILES string of the molecule is COc1ccc(-c2nc(NCc3ccccc3Cl)n(C(=O)c3cccc(OC)c3)n2)cc1. The zero-order valence-electron chi connectivity index (χ0n) is 17.6. The van der Waals surface area contributed by atoms with Crippen molar-refractivity contribution < 1.29 is 14.3 Å². The highest BCUT2D eigenvalue weighted by atomic mass is 35.5. The number of benzene rings is 3. The zero-order valence-corrected chi connectivity index (χ0v) is 18.3. The van der Waals surface area contributed by atoms with Crippen LogP contribution in [-0.4, -0.2) is 34.9 Å². The van der Waals surface area contributed by atoms with E-state index in [9.17, 15) is 4.79 Å². The van der Waals surface area contributed by atoms with Crippen LogP contribution in [-0.2, 0) is 6.54 Å². The van der Waals surface area contributed by atoms with Crippen molar-refractivity contribution >= 4 is 23.5 Å². The number of ether oxygens (including phenoxy) is 2. The molecule has 0 fully saturated rings. The number of halogens is 1. The fourth-order valence-electron chi connectivity index (χ4n) is 3.12. The van der Waals surface area contributed by atoms with Gasteiger partial charge in [-0.25, -0.2) is 0 Å². The van der Waals surface area contributed by atoms with E-state index in [2.05, 4.69) is 15.4 Å². The second kappa shape index (κ2) is 9.53. The quantitative estimate of drug-likeness (QED) is 0.432. The van der Waals surface area contributed by atoms with Gasteiger partial charge in [-0.1, -0.05) is 35.9 Å². The van der Waals surface area contributed by atoms with Crippen molar-refractivity contribution in [3.05, 3.63) is 88.9 Å². The van der Waals surface area contributed by atoms with E-state index in [0.29, 0.717) is 34.7 Å². The van der Waals surface area contributed by atoms with Gasteiger partial charge in [-0.2, -0.15) is 9.67 Å². The Morgan fingerprint density at radius 2 is 1.72 bits per heavy atom. The smallest absolute Gasteiger partial charge is 0.281 e. The van der Waals surface area contributed by atoms with E-state index in [0.717, 1.165) is 16.9 Å². The minimum atomic E-state index is -0.335. The van der Waals surface area contributed by atoms with Gasteiger partial charge >= 0.3 is 0 Å². The number of nitrogens with zero attached hydrogens (tertiary/aromatic N) is 3. The van der Waals surface area contributed by atoms with E-state index >= 15 is 0 Å². The first-order valence-corrected chi connectivity index (χ1v) is 10.2. The number of nitrogens with one attached hydrogen (secondary N) is 1. The maximum atomic E-state index is 13.3. The molecule has 0 aliphatic rings. The Labute approximate surface area is 190 Å². The van der Waals surface area contributed by atoms with Crippen LogP contribution in [0, 0.1) is 0 Å². The summed E-state index contributed by atoms with van der Waals surface area (Å²) < 4.78 is 11.7. The lowest BCUT2D eigenvalue weighted by Crippen LogP contribution is -2.17. The number of aromatic nitrogens is 3. The fraction of sp³-hybridized carbons (Fsp3) is 0.125. The summed E-state index contributed by atoms with van der Waals surface area (Å²) >= 11 is 6.28. The number of carbonyl (C=O) groups excluding carboxylic acids is 1. The molecule has 162 valence electrons. The Kier molecular flexibility index (Phi) is 6.37. The molecule has 0 bridgehead atoms. The molecule has 0 aliphatic heterocycles. The Bertz CT molecular complexity index is 1240. The maximum absolute atomic E-state index is 13.3. The molecular formula is C24H21ClN4O3. The molecule has 0 saturated heterocycles. The van der Waals surface area contributed by atoms with Gasteiger partial charge in [-0.3, -0.25) is 4.79 Å². The summed E-state index contributed by atoms with van der Waals surface area (Å²) in [5, 5.41) is 8.30. The average molecular weight is 449 g/mol. The molecule has 0 saturated carbocycles. The largest absolute Gasteiger partial charge is 0.497 e. The third-order valence-corrected chi connectivity index (χ3v) is 5.23. The van der Waals surface area contributed by atoms with Crippen LogP contribution < -0.4 is 14.8 Å². The molecule has 1 aromatic heterocycles. The van der Waals surface area contributed by atoms with Gasteiger partial charge < -0.3 is 14.8 Å². The van der Waals surface area contributed by atoms with Crippen LogP contribution in [0.5, 0.6) is 11.5 Å². The van der Waals surface area contributed by atoms with Crippen LogP contribution >= 0.6 is 11.6 Å². The van der Waals surface area contributed by atoms with Crippen LogP contribution in [0.3, 0.4) is 0 Å². The summed E-state index contributed by atoms with van der Waals surface area (Å²) in [5.74, 6) is 1.68. The molecule has 8 heteroatoms. The van der Waals surface area contributed by atoms with Gasteiger partial charge in [0.1, 0.15) is 11.5 Å². The summed E-state index contributed by atoms with van der Waals surface area (Å²) in [6, 6.07) is 21.7. The van der Waals surface area contributed by atoms with Gasteiger partial charge in [-0.15, -0.1) is 5.10 Å². The summed E-state index contributed by atoms with van der Waals surface area (Å²) in [4.78, 5) is 17.9. The van der Waals surface area contributed by atoms with E-state index in [1.54, 1.807) is 38.5 Å². The van der Waals surface area contributed by atoms with E-state index in [1.165, 1.54) is 4.68 Å². The van der Waals surface area contributed by atoms with Crippen molar-refractivity contribution in [3.63, 3.8) is 0 Å². The molecule has 0 unspecified atom stereocenters. The Balaban J connectivity index is 1.70. The van der Waals surface area contributed by atoms with Crippen LogP contribution in [0.25, 0.3) is 11.4 Å². The minimum absolute atomic E-state index is 0.309. The molecule has 0 aliphatic carbocycles. The van der Waals surface area contributed by atoms with Gasteiger partial charge in [0.05, 0.1) is 14.2 Å².